The molecule has 6 nitrogen and oxygen atoms in total. The third kappa shape index (κ3) is 6.25. The summed E-state index contributed by atoms with van der Waals surface area (Å²) in [6.07, 6.45) is 2.05. The number of carbonyl (C=O) groups is 2. The zero-order valence-electron chi connectivity index (χ0n) is 20.1. The van der Waals surface area contributed by atoms with E-state index in [1.807, 2.05) is 38.1 Å². The summed E-state index contributed by atoms with van der Waals surface area (Å²) in [7, 11) is 1.60. The van der Waals surface area contributed by atoms with Crippen molar-refractivity contribution in [2.75, 3.05) is 24.7 Å². The lowest BCUT2D eigenvalue weighted by Gasteiger charge is -2.08. The molecule has 4 rings (SSSR count). The number of fused-ring (bicyclic) bond motifs is 1. The fourth-order valence-corrected chi connectivity index (χ4v) is 4.92. The Morgan fingerprint density at radius 2 is 1.69 bits per heavy atom. The van der Waals surface area contributed by atoms with Gasteiger partial charge in [0.1, 0.15) is 5.75 Å². The number of hydrogen-bond acceptors (Lipinski definition) is 4. The van der Waals surface area contributed by atoms with Crippen LogP contribution in [-0.2, 0) is 11.3 Å². The minimum absolute atomic E-state index is 0.0383. The van der Waals surface area contributed by atoms with Gasteiger partial charge in [0.15, 0.2) is 0 Å². The van der Waals surface area contributed by atoms with Gasteiger partial charge in [0.25, 0.3) is 5.91 Å². The topological polar surface area (TPSA) is 72.4 Å². The summed E-state index contributed by atoms with van der Waals surface area (Å²) in [6.45, 7) is 5.15. The molecule has 0 saturated heterocycles. The van der Waals surface area contributed by atoms with Crippen LogP contribution in [0, 0.1) is 13.8 Å². The minimum Gasteiger partial charge on any atom is -0.497 e. The number of nitrogens with zero attached hydrogens (tertiary/aromatic N) is 1. The Bertz CT molecular complexity index is 1330. The highest BCUT2D eigenvalue weighted by atomic mass is 32.2. The van der Waals surface area contributed by atoms with Crippen LogP contribution in [0.25, 0.3) is 10.9 Å². The number of carbonyl (C=O) groups excluding carboxylic acids is 2. The summed E-state index contributed by atoms with van der Waals surface area (Å²) >= 11 is 1.51. The van der Waals surface area contributed by atoms with E-state index < -0.39 is 0 Å². The van der Waals surface area contributed by atoms with Crippen molar-refractivity contribution in [3.05, 3.63) is 89.6 Å². The third-order valence-electron chi connectivity index (χ3n) is 5.61. The molecule has 2 N–H and O–H groups in total. The van der Waals surface area contributed by atoms with Gasteiger partial charge in [-0.2, -0.15) is 0 Å². The number of thioether (sulfide) groups is 1. The molecule has 0 unspecified atom stereocenters. The average Bonchev–Trinajstić information content (AvgIpc) is 3.20. The van der Waals surface area contributed by atoms with Crippen molar-refractivity contribution < 1.29 is 14.3 Å². The quantitative estimate of drug-likeness (QED) is 0.309. The van der Waals surface area contributed by atoms with Gasteiger partial charge in [-0.3, -0.25) is 9.59 Å². The van der Waals surface area contributed by atoms with Crippen molar-refractivity contribution in [1.29, 1.82) is 0 Å². The van der Waals surface area contributed by atoms with Crippen LogP contribution >= 0.6 is 11.8 Å². The van der Waals surface area contributed by atoms with Crippen LogP contribution < -0.4 is 15.4 Å². The normalized spacial score (nSPS) is 10.8. The molecule has 0 radical (unpaired) electrons. The number of anilines is 1. The van der Waals surface area contributed by atoms with Gasteiger partial charge in [0, 0.05) is 46.3 Å². The molecule has 0 saturated carbocycles. The van der Waals surface area contributed by atoms with Crippen LogP contribution in [0.5, 0.6) is 5.75 Å². The van der Waals surface area contributed by atoms with Gasteiger partial charge in [-0.1, -0.05) is 24.3 Å². The Hall–Kier alpha value is -3.71. The number of aryl methyl sites for hydroxylation is 2. The molecule has 0 spiro atoms. The van der Waals surface area contributed by atoms with E-state index in [0.717, 1.165) is 32.6 Å². The first-order chi connectivity index (χ1) is 16.9. The maximum atomic E-state index is 12.6. The lowest BCUT2D eigenvalue weighted by atomic mass is 10.1. The lowest BCUT2D eigenvalue weighted by molar-refractivity contribution is -0.113. The molecule has 3 aromatic carbocycles. The van der Waals surface area contributed by atoms with Crippen LogP contribution in [0.15, 0.2) is 77.8 Å². The highest BCUT2D eigenvalue weighted by Gasteiger charge is 2.12. The Morgan fingerprint density at radius 1 is 0.971 bits per heavy atom. The maximum absolute atomic E-state index is 12.6. The van der Waals surface area contributed by atoms with Gasteiger partial charge in [-0.25, -0.2) is 0 Å². The van der Waals surface area contributed by atoms with Crippen LogP contribution in [-0.4, -0.2) is 35.8 Å². The molecule has 35 heavy (non-hydrogen) atoms. The van der Waals surface area contributed by atoms with Gasteiger partial charge in [-0.05, 0) is 67.4 Å². The van der Waals surface area contributed by atoms with Crippen LogP contribution in [0.4, 0.5) is 5.69 Å². The van der Waals surface area contributed by atoms with Gasteiger partial charge >= 0.3 is 0 Å². The molecule has 180 valence electrons. The SMILES string of the molecule is COc1ccc(C(=O)NCCn2cc(SCC(=O)Nc3cc(C)cc(C)c3)c3ccccc32)cc1. The predicted octanol–water partition coefficient (Wildman–Crippen LogP) is 5.43. The summed E-state index contributed by atoms with van der Waals surface area (Å²) in [5, 5.41) is 7.07. The largest absolute Gasteiger partial charge is 0.497 e. The third-order valence-corrected chi connectivity index (χ3v) is 6.65. The number of amides is 2. The minimum atomic E-state index is -0.123. The summed E-state index contributed by atoms with van der Waals surface area (Å²) in [5.74, 6) is 0.869. The second-order valence-corrected chi connectivity index (χ2v) is 9.42. The van der Waals surface area contributed by atoms with E-state index in [2.05, 4.69) is 39.6 Å². The van der Waals surface area contributed by atoms with Gasteiger partial charge in [0.2, 0.25) is 5.91 Å². The highest BCUT2D eigenvalue weighted by molar-refractivity contribution is 8.00. The number of methoxy groups -OCH3 is 1. The fraction of sp³-hybridized carbons (Fsp3) is 0.214. The number of aromatic nitrogens is 1. The molecule has 0 atom stereocenters. The monoisotopic (exact) mass is 487 g/mol. The average molecular weight is 488 g/mol. The molecule has 4 aromatic rings. The van der Waals surface area contributed by atoms with E-state index in [0.29, 0.717) is 30.2 Å². The van der Waals surface area contributed by atoms with E-state index in [9.17, 15) is 9.59 Å². The molecular weight excluding hydrogens is 458 g/mol. The van der Waals surface area contributed by atoms with Crippen molar-refractivity contribution in [3.8, 4) is 5.75 Å². The Labute approximate surface area is 209 Å². The molecule has 1 heterocycles. The van der Waals surface area contributed by atoms with Gasteiger partial charge < -0.3 is 19.9 Å². The summed E-state index contributed by atoms with van der Waals surface area (Å²) in [4.78, 5) is 26.1. The maximum Gasteiger partial charge on any atom is 0.251 e. The molecule has 0 aliphatic heterocycles. The smallest absolute Gasteiger partial charge is 0.251 e. The van der Waals surface area contributed by atoms with E-state index in [1.165, 1.54) is 11.8 Å². The first-order valence-corrected chi connectivity index (χ1v) is 12.4. The molecule has 0 aliphatic rings. The van der Waals surface area contributed by atoms with Gasteiger partial charge in [0.05, 0.1) is 12.9 Å². The molecular formula is C28H29N3O3S. The molecule has 0 aliphatic carbocycles. The zero-order valence-corrected chi connectivity index (χ0v) is 20.9. The zero-order chi connectivity index (χ0) is 24.8. The first-order valence-electron chi connectivity index (χ1n) is 11.4. The van der Waals surface area contributed by atoms with E-state index in [1.54, 1.807) is 31.4 Å². The second-order valence-electron chi connectivity index (χ2n) is 8.40. The molecule has 1 aromatic heterocycles. The van der Waals surface area contributed by atoms with E-state index in [-0.39, 0.29) is 11.8 Å². The van der Waals surface area contributed by atoms with E-state index >= 15 is 0 Å². The summed E-state index contributed by atoms with van der Waals surface area (Å²) in [6, 6.07) is 21.2. The Balaban J connectivity index is 1.37. The molecule has 0 bridgehead atoms. The second kappa shape index (κ2) is 11.1. The van der Waals surface area contributed by atoms with Crippen molar-refractivity contribution >= 4 is 40.2 Å². The van der Waals surface area contributed by atoms with E-state index in [4.69, 9.17) is 4.74 Å². The van der Waals surface area contributed by atoms with Crippen LogP contribution in [0.1, 0.15) is 21.5 Å². The first kappa shape index (κ1) is 24.4. The molecule has 7 heteroatoms. The standard InChI is InChI=1S/C28H29N3O3S/c1-19-14-20(2)16-22(15-19)30-27(32)18-35-26-17-31(25-7-5-4-6-24(25)26)13-12-29-28(33)21-8-10-23(34-3)11-9-21/h4-11,14-17H,12-13,18H2,1-3H3,(H,29,33)(H,30,32). The Morgan fingerprint density at radius 3 is 2.40 bits per heavy atom. The van der Waals surface area contributed by atoms with Crippen molar-refractivity contribution in [2.24, 2.45) is 0 Å². The number of nitrogens with one attached hydrogen (secondary N) is 2. The Kier molecular flexibility index (Phi) is 7.77. The molecule has 0 fully saturated rings. The number of ether oxygens (including phenoxy) is 1. The van der Waals surface area contributed by atoms with Crippen molar-refractivity contribution in [1.82, 2.24) is 9.88 Å². The highest BCUT2D eigenvalue weighted by Crippen LogP contribution is 2.30. The lowest BCUT2D eigenvalue weighted by Crippen LogP contribution is -2.27. The molecule has 2 amide bonds. The number of benzene rings is 3. The van der Waals surface area contributed by atoms with Crippen LogP contribution in [0.2, 0.25) is 0 Å². The number of rotatable bonds is 9. The van der Waals surface area contributed by atoms with Crippen molar-refractivity contribution in [3.63, 3.8) is 0 Å². The summed E-state index contributed by atoms with van der Waals surface area (Å²) < 4.78 is 7.26. The number of hydrogen-bond donors (Lipinski definition) is 2. The van der Waals surface area contributed by atoms with Crippen LogP contribution in [0.3, 0.4) is 0 Å². The fourth-order valence-electron chi connectivity index (χ4n) is 4.03. The van der Waals surface area contributed by atoms with Gasteiger partial charge in [-0.15, -0.1) is 11.8 Å². The number of para-hydroxylation sites is 1. The predicted molar refractivity (Wildman–Crippen MR) is 143 cm³/mol. The summed E-state index contributed by atoms with van der Waals surface area (Å²) in [5.41, 5.74) is 4.73. The van der Waals surface area contributed by atoms with Crippen molar-refractivity contribution in [2.45, 2.75) is 25.3 Å².